The normalized spacial score (nSPS) is 23.5. The number of nitrogens with one attached hydrogen (secondary N) is 1. The smallest absolute Gasteiger partial charge is 0.213 e. The number of methoxy groups -OCH3 is 1. The Morgan fingerprint density at radius 1 is 1.06 bits per heavy atom. The van der Waals surface area contributed by atoms with E-state index in [9.17, 15) is 13.2 Å². The minimum atomic E-state index is -0.583. The number of benzene rings is 1. The van der Waals surface area contributed by atoms with E-state index in [1.807, 2.05) is 0 Å². The van der Waals surface area contributed by atoms with Crippen LogP contribution >= 0.6 is 0 Å². The highest BCUT2D eigenvalue weighted by molar-refractivity contribution is 5.78. The molecular formula is C26H28F3N3O3. The van der Waals surface area contributed by atoms with Gasteiger partial charge in [-0.1, -0.05) is 0 Å². The molecule has 6 rings (SSSR count). The molecule has 0 atom stereocenters. The Bertz CT molecular complexity index is 1200. The molecule has 2 saturated heterocycles. The van der Waals surface area contributed by atoms with Gasteiger partial charge in [-0.3, -0.25) is 4.98 Å². The summed E-state index contributed by atoms with van der Waals surface area (Å²) >= 11 is 0. The topological polar surface area (TPSA) is 65.5 Å². The van der Waals surface area contributed by atoms with Crippen molar-refractivity contribution in [3.05, 3.63) is 59.5 Å². The molecule has 0 spiro atoms. The molecule has 1 N–H and O–H groups in total. The predicted molar refractivity (Wildman–Crippen MR) is 124 cm³/mol. The number of hydrogen-bond donors (Lipinski definition) is 1. The number of nitrogens with zero attached hydrogens (tertiary/aromatic N) is 2. The van der Waals surface area contributed by atoms with Gasteiger partial charge in [-0.25, -0.2) is 18.2 Å². The SMILES string of the molecule is COc1ccc2ncc(F)c(CCC34CCC(NCCOc5cc(F)ccc5F)(CC3)CO4)c2n1. The number of ether oxygens (including phenoxy) is 3. The maximum atomic E-state index is 14.7. The minimum Gasteiger partial charge on any atom is -0.489 e. The lowest BCUT2D eigenvalue weighted by atomic mass is 9.69. The Labute approximate surface area is 201 Å². The van der Waals surface area contributed by atoms with Crippen LogP contribution in [0.25, 0.3) is 11.0 Å². The second-order valence-electron chi connectivity index (χ2n) is 9.41. The lowest BCUT2D eigenvalue weighted by molar-refractivity contribution is -0.165. The summed E-state index contributed by atoms with van der Waals surface area (Å²) in [6, 6.07) is 6.66. The minimum absolute atomic E-state index is 0.0881. The average molecular weight is 488 g/mol. The van der Waals surface area contributed by atoms with Crippen LogP contribution in [0.15, 0.2) is 36.5 Å². The number of pyridine rings is 2. The number of halogens is 3. The summed E-state index contributed by atoms with van der Waals surface area (Å²) in [6.07, 6.45) is 6.01. The monoisotopic (exact) mass is 487 g/mol. The molecule has 2 aromatic heterocycles. The zero-order chi connectivity index (χ0) is 24.5. The Hall–Kier alpha value is -2.91. The van der Waals surface area contributed by atoms with Crippen LogP contribution in [0.3, 0.4) is 0 Å². The van der Waals surface area contributed by atoms with Crippen LogP contribution in [0, 0.1) is 17.5 Å². The van der Waals surface area contributed by atoms with Crippen molar-refractivity contribution in [3.63, 3.8) is 0 Å². The molecule has 186 valence electrons. The molecule has 35 heavy (non-hydrogen) atoms. The van der Waals surface area contributed by atoms with Crippen molar-refractivity contribution in [2.45, 2.75) is 49.7 Å². The van der Waals surface area contributed by atoms with Gasteiger partial charge in [-0.15, -0.1) is 0 Å². The first-order chi connectivity index (χ1) is 16.9. The summed E-state index contributed by atoms with van der Waals surface area (Å²) in [7, 11) is 1.53. The molecule has 2 bridgehead atoms. The molecule has 3 aromatic rings. The Kier molecular flexibility index (Phi) is 6.55. The highest BCUT2D eigenvalue weighted by atomic mass is 19.1. The quantitative estimate of drug-likeness (QED) is 0.440. The first-order valence-electron chi connectivity index (χ1n) is 11.9. The van der Waals surface area contributed by atoms with Gasteiger partial charge in [0.2, 0.25) is 5.88 Å². The van der Waals surface area contributed by atoms with Crippen molar-refractivity contribution in [1.82, 2.24) is 15.3 Å². The summed E-state index contributed by atoms with van der Waals surface area (Å²) < 4.78 is 58.7. The molecule has 1 aliphatic carbocycles. The Morgan fingerprint density at radius 2 is 1.89 bits per heavy atom. The third-order valence-corrected chi connectivity index (χ3v) is 7.31. The number of rotatable bonds is 9. The van der Waals surface area contributed by atoms with Crippen molar-refractivity contribution in [2.75, 3.05) is 26.9 Å². The van der Waals surface area contributed by atoms with E-state index >= 15 is 0 Å². The van der Waals surface area contributed by atoms with Gasteiger partial charge in [0.1, 0.15) is 18.2 Å². The number of aryl methyl sites for hydroxylation is 1. The summed E-state index contributed by atoms with van der Waals surface area (Å²) in [5.74, 6) is -1.15. The lowest BCUT2D eigenvalue weighted by Crippen LogP contribution is -2.62. The van der Waals surface area contributed by atoms with E-state index in [2.05, 4.69) is 15.3 Å². The van der Waals surface area contributed by atoms with Crippen LogP contribution in [0.4, 0.5) is 13.2 Å². The second kappa shape index (κ2) is 9.62. The highest BCUT2D eigenvalue weighted by Crippen LogP contribution is 2.46. The Balaban J connectivity index is 1.17. The number of aromatic nitrogens is 2. The maximum absolute atomic E-state index is 14.7. The van der Waals surface area contributed by atoms with Crippen molar-refractivity contribution in [3.8, 4) is 11.6 Å². The molecule has 0 radical (unpaired) electrons. The molecule has 0 unspecified atom stereocenters. The standard InChI is InChI=1S/C26H28F3N3O3/c1-33-23-5-4-21-24(32-23)18(20(29)15-30-21)6-7-26-10-8-25(9-11-26,16-35-26)31-12-13-34-22-14-17(27)2-3-19(22)28/h2-5,14-15,31H,6-13,16H2,1H3. The summed E-state index contributed by atoms with van der Waals surface area (Å²) in [5.41, 5.74) is 1.25. The van der Waals surface area contributed by atoms with E-state index in [1.54, 1.807) is 12.1 Å². The van der Waals surface area contributed by atoms with Gasteiger partial charge in [0.05, 0.1) is 36.5 Å². The fourth-order valence-corrected chi connectivity index (χ4v) is 5.16. The van der Waals surface area contributed by atoms with Crippen molar-refractivity contribution in [1.29, 1.82) is 0 Å². The number of fused-ring (bicyclic) bond motifs is 4. The molecular weight excluding hydrogens is 459 g/mol. The maximum Gasteiger partial charge on any atom is 0.213 e. The highest BCUT2D eigenvalue weighted by Gasteiger charge is 2.49. The predicted octanol–water partition coefficient (Wildman–Crippen LogP) is 4.74. The first-order valence-corrected chi connectivity index (χ1v) is 11.9. The van der Waals surface area contributed by atoms with Crippen LogP contribution < -0.4 is 14.8 Å². The molecule has 9 heteroatoms. The molecule has 6 nitrogen and oxygen atoms in total. The van der Waals surface area contributed by atoms with Gasteiger partial charge < -0.3 is 19.5 Å². The summed E-state index contributed by atoms with van der Waals surface area (Å²) in [5, 5.41) is 3.51. The molecule has 0 amide bonds. The van der Waals surface area contributed by atoms with Gasteiger partial charge in [-0.2, -0.15) is 0 Å². The van der Waals surface area contributed by atoms with E-state index in [4.69, 9.17) is 14.2 Å². The van der Waals surface area contributed by atoms with Crippen molar-refractivity contribution in [2.24, 2.45) is 0 Å². The van der Waals surface area contributed by atoms with Crippen LogP contribution in [-0.4, -0.2) is 48.0 Å². The molecule has 1 aromatic carbocycles. The van der Waals surface area contributed by atoms with E-state index in [0.717, 1.165) is 43.9 Å². The van der Waals surface area contributed by atoms with E-state index < -0.39 is 11.6 Å². The van der Waals surface area contributed by atoms with E-state index in [1.165, 1.54) is 13.3 Å². The lowest BCUT2D eigenvalue weighted by Gasteiger charge is -2.53. The summed E-state index contributed by atoms with van der Waals surface area (Å²) in [4.78, 5) is 8.58. The van der Waals surface area contributed by atoms with Crippen LogP contribution in [-0.2, 0) is 11.2 Å². The van der Waals surface area contributed by atoms with Gasteiger partial charge >= 0.3 is 0 Å². The molecule has 3 fully saturated rings. The average Bonchev–Trinajstić information content (AvgIpc) is 2.89. The number of hydrogen-bond acceptors (Lipinski definition) is 6. The zero-order valence-corrected chi connectivity index (χ0v) is 19.6. The van der Waals surface area contributed by atoms with Crippen LogP contribution in [0.1, 0.15) is 37.7 Å². The Morgan fingerprint density at radius 3 is 2.63 bits per heavy atom. The van der Waals surface area contributed by atoms with Gasteiger partial charge in [0, 0.05) is 29.8 Å². The van der Waals surface area contributed by atoms with Crippen molar-refractivity contribution >= 4 is 11.0 Å². The molecule has 3 aliphatic rings. The third kappa shape index (κ3) is 4.92. The largest absolute Gasteiger partial charge is 0.489 e. The molecule has 2 aliphatic heterocycles. The van der Waals surface area contributed by atoms with Gasteiger partial charge in [-0.05, 0) is 56.7 Å². The fourth-order valence-electron chi connectivity index (χ4n) is 5.16. The van der Waals surface area contributed by atoms with Crippen molar-refractivity contribution < 1.29 is 27.4 Å². The fraction of sp³-hybridized carbons (Fsp3) is 0.462. The summed E-state index contributed by atoms with van der Waals surface area (Å²) in [6.45, 7) is 1.26. The molecule has 1 saturated carbocycles. The van der Waals surface area contributed by atoms with Crippen LogP contribution in [0.2, 0.25) is 0 Å². The van der Waals surface area contributed by atoms with E-state index in [0.29, 0.717) is 48.5 Å². The first kappa shape index (κ1) is 23.8. The second-order valence-corrected chi connectivity index (χ2v) is 9.41. The van der Waals surface area contributed by atoms with Gasteiger partial charge in [0.15, 0.2) is 11.6 Å². The van der Waals surface area contributed by atoms with Crippen LogP contribution in [0.5, 0.6) is 11.6 Å². The van der Waals surface area contributed by atoms with E-state index in [-0.39, 0.29) is 29.3 Å². The zero-order valence-electron chi connectivity index (χ0n) is 19.6. The third-order valence-electron chi connectivity index (χ3n) is 7.31. The van der Waals surface area contributed by atoms with Gasteiger partial charge in [0.25, 0.3) is 0 Å². The molecule has 4 heterocycles.